The highest BCUT2D eigenvalue weighted by atomic mass is 15.0. The van der Waals surface area contributed by atoms with Gasteiger partial charge in [0.15, 0.2) is 0 Å². The molecule has 6 rings (SSSR count). The normalized spacial score (nSPS) is 12.7. The second-order valence-electron chi connectivity index (χ2n) is 9.80. The molecule has 2 heterocycles. The van der Waals surface area contributed by atoms with Crippen LogP contribution < -0.4 is 5.73 Å². The van der Waals surface area contributed by atoms with Crippen molar-refractivity contribution in [1.82, 2.24) is 9.55 Å². The van der Waals surface area contributed by atoms with Crippen LogP contribution in [0.1, 0.15) is 25.1 Å². The molecule has 0 amide bonds. The lowest BCUT2D eigenvalue weighted by Crippen LogP contribution is -1.95. The van der Waals surface area contributed by atoms with Crippen LogP contribution in [0.25, 0.3) is 60.5 Å². The summed E-state index contributed by atoms with van der Waals surface area (Å²) in [6.45, 7) is 7.91. The van der Waals surface area contributed by atoms with Gasteiger partial charge in [-0.1, -0.05) is 91.5 Å². The summed E-state index contributed by atoms with van der Waals surface area (Å²) in [5.74, 6) is 0. The van der Waals surface area contributed by atoms with Gasteiger partial charge in [-0.25, -0.2) is 0 Å². The van der Waals surface area contributed by atoms with Crippen molar-refractivity contribution in [3.63, 3.8) is 0 Å². The van der Waals surface area contributed by atoms with Crippen molar-refractivity contribution < 1.29 is 0 Å². The Hall–Kier alpha value is -5.15. The Labute approximate surface area is 234 Å². The molecule has 3 heteroatoms. The quantitative estimate of drug-likeness (QED) is 0.224. The van der Waals surface area contributed by atoms with E-state index in [9.17, 15) is 0 Å². The molecular weight excluding hydrogens is 486 g/mol. The first-order chi connectivity index (χ1) is 19.7. The van der Waals surface area contributed by atoms with Crippen LogP contribution in [0.4, 0.5) is 0 Å². The molecule has 0 radical (unpaired) electrons. The Morgan fingerprint density at radius 2 is 1.57 bits per heavy atom. The van der Waals surface area contributed by atoms with Crippen LogP contribution in [0.5, 0.6) is 0 Å². The lowest BCUT2D eigenvalue weighted by molar-refractivity contribution is 1.19. The van der Waals surface area contributed by atoms with Gasteiger partial charge < -0.3 is 10.3 Å². The molecule has 4 aromatic carbocycles. The Balaban J connectivity index is 1.58. The van der Waals surface area contributed by atoms with Crippen LogP contribution in [0.3, 0.4) is 0 Å². The van der Waals surface area contributed by atoms with E-state index in [0.29, 0.717) is 0 Å². The summed E-state index contributed by atoms with van der Waals surface area (Å²) in [4.78, 5) is 4.69. The van der Waals surface area contributed by atoms with Crippen molar-refractivity contribution in [2.75, 3.05) is 0 Å². The lowest BCUT2D eigenvalue weighted by Gasteiger charge is -2.11. The molecule has 0 aliphatic carbocycles. The van der Waals surface area contributed by atoms with Gasteiger partial charge in [-0.15, -0.1) is 0 Å². The van der Waals surface area contributed by atoms with E-state index >= 15 is 0 Å². The van der Waals surface area contributed by atoms with Gasteiger partial charge in [0.05, 0.1) is 16.7 Å². The Morgan fingerprint density at radius 3 is 2.27 bits per heavy atom. The standard InChI is InChI=1S/C37H31N3/c1-4-10-29(23-38)27-14-18-33-34-19-15-28-21-26(30-16-20-35(39-24-30)25(5-2)6-3)13-17-32(28)37(34)40(36(33)22-27)31-11-8-7-9-12-31/h4-24H,2,38H2,1,3H3/b10-4-,25-6+,29-23+. The summed E-state index contributed by atoms with van der Waals surface area (Å²) in [5.41, 5.74) is 15.8. The van der Waals surface area contributed by atoms with E-state index in [2.05, 4.69) is 102 Å². The van der Waals surface area contributed by atoms with Gasteiger partial charge in [-0.2, -0.15) is 0 Å². The molecule has 0 aliphatic heterocycles. The summed E-state index contributed by atoms with van der Waals surface area (Å²) in [5, 5.41) is 4.83. The number of para-hydroxylation sites is 1. The smallest absolute Gasteiger partial charge is 0.0698 e. The fraction of sp³-hybridized carbons (Fsp3) is 0.0541. The fourth-order valence-electron chi connectivity index (χ4n) is 5.57. The van der Waals surface area contributed by atoms with Crippen molar-refractivity contribution in [3.8, 4) is 16.8 Å². The average molecular weight is 518 g/mol. The third-order valence-corrected chi connectivity index (χ3v) is 7.54. The van der Waals surface area contributed by atoms with Crippen molar-refractivity contribution in [3.05, 3.63) is 146 Å². The Kier molecular flexibility index (Phi) is 6.63. The number of hydrogen-bond donors (Lipinski definition) is 1. The molecule has 0 aliphatic rings. The van der Waals surface area contributed by atoms with E-state index in [-0.39, 0.29) is 0 Å². The monoisotopic (exact) mass is 517 g/mol. The molecule has 2 N–H and O–H groups in total. The van der Waals surface area contributed by atoms with E-state index in [1.807, 2.05) is 44.3 Å². The minimum absolute atomic E-state index is 0.928. The minimum Gasteiger partial charge on any atom is -0.404 e. The molecule has 0 fully saturated rings. The van der Waals surface area contributed by atoms with Crippen LogP contribution in [0.2, 0.25) is 0 Å². The summed E-state index contributed by atoms with van der Waals surface area (Å²) in [6.07, 6.45) is 11.5. The van der Waals surface area contributed by atoms with E-state index < -0.39 is 0 Å². The number of nitrogens with zero attached hydrogens (tertiary/aromatic N) is 2. The second kappa shape index (κ2) is 10.5. The van der Waals surface area contributed by atoms with E-state index in [1.165, 1.54) is 27.1 Å². The first-order valence-electron chi connectivity index (χ1n) is 13.5. The maximum Gasteiger partial charge on any atom is 0.0698 e. The molecule has 6 aromatic rings. The second-order valence-corrected chi connectivity index (χ2v) is 9.80. The van der Waals surface area contributed by atoms with Gasteiger partial charge in [0.2, 0.25) is 0 Å². The molecule has 40 heavy (non-hydrogen) atoms. The molecule has 0 spiro atoms. The molecule has 3 nitrogen and oxygen atoms in total. The SMILES string of the molecule is C=C/C(=C\C)c1ccc(-c2ccc3c(ccc4c5ccc(C(/C=C\C)=C/N)cc5n(-c5ccccc5)c34)c2)cn1. The lowest BCUT2D eigenvalue weighted by atomic mass is 9.99. The molecule has 0 saturated heterocycles. The molecule has 2 aromatic heterocycles. The topological polar surface area (TPSA) is 43.8 Å². The van der Waals surface area contributed by atoms with E-state index in [1.54, 1.807) is 6.20 Å². The van der Waals surface area contributed by atoms with E-state index in [0.717, 1.165) is 44.7 Å². The van der Waals surface area contributed by atoms with Crippen molar-refractivity contribution in [2.45, 2.75) is 13.8 Å². The minimum atomic E-state index is 0.928. The maximum absolute atomic E-state index is 6.00. The zero-order chi connectivity index (χ0) is 27.6. The predicted molar refractivity (Wildman–Crippen MR) is 172 cm³/mol. The van der Waals surface area contributed by atoms with Crippen molar-refractivity contribution in [1.29, 1.82) is 0 Å². The first-order valence-corrected chi connectivity index (χ1v) is 13.5. The summed E-state index contributed by atoms with van der Waals surface area (Å²) < 4.78 is 2.38. The number of allylic oxidation sites excluding steroid dienone is 6. The van der Waals surface area contributed by atoms with Gasteiger partial charge in [0.25, 0.3) is 0 Å². The maximum atomic E-state index is 6.00. The number of nitrogens with two attached hydrogens (primary N) is 1. The zero-order valence-corrected chi connectivity index (χ0v) is 22.8. The molecule has 0 saturated carbocycles. The molecule has 0 bridgehead atoms. The van der Waals surface area contributed by atoms with E-state index in [4.69, 9.17) is 10.7 Å². The highest BCUT2D eigenvalue weighted by Gasteiger charge is 2.16. The number of pyridine rings is 1. The predicted octanol–water partition coefficient (Wildman–Crippen LogP) is 9.46. The Morgan fingerprint density at radius 1 is 0.800 bits per heavy atom. The van der Waals surface area contributed by atoms with Crippen LogP contribution in [0, 0.1) is 0 Å². The molecular formula is C37H31N3. The molecule has 0 unspecified atom stereocenters. The molecule has 0 atom stereocenters. The van der Waals surface area contributed by atoms with Gasteiger partial charge in [0.1, 0.15) is 0 Å². The van der Waals surface area contributed by atoms with Crippen LogP contribution in [-0.4, -0.2) is 9.55 Å². The first kappa shape index (κ1) is 25.1. The Bertz CT molecular complexity index is 1970. The highest BCUT2D eigenvalue weighted by molar-refractivity contribution is 6.19. The van der Waals surface area contributed by atoms with Gasteiger partial charge >= 0.3 is 0 Å². The van der Waals surface area contributed by atoms with Gasteiger partial charge in [0, 0.05) is 39.8 Å². The third-order valence-electron chi connectivity index (χ3n) is 7.54. The number of benzene rings is 4. The van der Waals surface area contributed by atoms with Gasteiger partial charge in [-0.3, -0.25) is 4.98 Å². The average Bonchev–Trinajstić information content (AvgIpc) is 3.35. The zero-order valence-electron chi connectivity index (χ0n) is 22.8. The summed E-state index contributed by atoms with van der Waals surface area (Å²) >= 11 is 0. The largest absolute Gasteiger partial charge is 0.404 e. The van der Waals surface area contributed by atoms with Crippen LogP contribution in [0.15, 0.2) is 134 Å². The summed E-state index contributed by atoms with van der Waals surface area (Å²) in [6, 6.07) is 32.6. The fourth-order valence-corrected chi connectivity index (χ4v) is 5.57. The van der Waals surface area contributed by atoms with Gasteiger partial charge in [-0.05, 0) is 71.8 Å². The number of aromatic nitrogens is 2. The third kappa shape index (κ3) is 4.22. The molecule has 194 valence electrons. The highest BCUT2D eigenvalue weighted by Crippen LogP contribution is 2.38. The number of fused-ring (bicyclic) bond motifs is 5. The number of rotatable bonds is 6. The number of hydrogen-bond acceptors (Lipinski definition) is 2. The van der Waals surface area contributed by atoms with Crippen molar-refractivity contribution >= 4 is 43.7 Å². The van der Waals surface area contributed by atoms with Crippen molar-refractivity contribution in [2.24, 2.45) is 5.73 Å². The van der Waals surface area contributed by atoms with Crippen LogP contribution >= 0.6 is 0 Å². The van der Waals surface area contributed by atoms with Crippen LogP contribution in [-0.2, 0) is 0 Å². The summed E-state index contributed by atoms with van der Waals surface area (Å²) in [7, 11) is 0.